The minimum absolute atomic E-state index is 0.0684. The standard InChI is InChI=1S/C20H26N2O2/c1-22(2)19-11-8-16(9-12-19)10-13-20(23)21-14-17-6-4-5-7-18(17)15-24-3/h4-9,11-12H,10,13-15H2,1-3H3,(H,21,23). The first-order valence-electron chi connectivity index (χ1n) is 8.19. The number of nitrogens with zero attached hydrogens (tertiary/aromatic N) is 1. The number of aryl methyl sites for hydroxylation is 1. The van der Waals surface area contributed by atoms with Crippen LogP contribution in [0.1, 0.15) is 23.1 Å². The number of ether oxygens (including phenoxy) is 1. The third-order valence-electron chi connectivity index (χ3n) is 3.99. The summed E-state index contributed by atoms with van der Waals surface area (Å²) in [5, 5.41) is 2.99. The number of anilines is 1. The summed E-state index contributed by atoms with van der Waals surface area (Å²) in [6, 6.07) is 16.3. The molecule has 0 atom stereocenters. The number of amides is 1. The highest BCUT2D eigenvalue weighted by Gasteiger charge is 2.06. The average molecular weight is 326 g/mol. The van der Waals surface area contributed by atoms with Crippen LogP contribution in [0.3, 0.4) is 0 Å². The van der Waals surface area contributed by atoms with E-state index >= 15 is 0 Å². The summed E-state index contributed by atoms with van der Waals surface area (Å²) in [4.78, 5) is 14.1. The lowest BCUT2D eigenvalue weighted by Gasteiger charge is -2.13. The van der Waals surface area contributed by atoms with E-state index in [1.165, 1.54) is 5.56 Å². The van der Waals surface area contributed by atoms with E-state index in [4.69, 9.17) is 4.74 Å². The van der Waals surface area contributed by atoms with E-state index < -0.39 is 0 Å². The van der Waals surface area contributed by atoms with Gasteiger partial charge < -0.3 is 15.0 Å². The van der Waals surface area contributed by atoms with Crippen LogP contribution in [0.2, 0.25) is 0 Å². The van der Waals surface area contributed by atoms with E-state index in [0.29, 0.717) is 19.6 Å². The lowest BCUT2D eigenvalue weighted by molar-refractivity contribution is -0.121. The van der Waals surface area contributed by atoms with Gasteiger partial charge in [0.15, 0.2) is 0 Å². The first-order valence-corrected chi connectivity index (χ1v) is 8.19. The molecular formula is C20H26N2O2. The lowest BCUT2D eigenvalue weighted by Crippen LogP contribution is -2.23. The van der Waals surface area contributed by atoms with Crippen LogP contribution in [-0.4, -0.2) is 27.1 Å². The SMILES string of the molecule is COCc1ccccc1CNC(=O)CCc1ccc(N(C)C)cc1. The first-order chi connectivity index (χ1) is 11.6. The van der Waals surface area contributed by atoms with Crippen LogP contribution in [0.15, 0.2) is 48.5 Å². The molecule has 0 aromatic heterocycles. The van der Waals surface area contributed by atoms with Gasteiger partial charge in [-0.05, 0) is 35.2 Å². The minimum atomic E-state index is 0.0684. The maximum Gasteiger partial charge on any atom is 0.220 e. The largest absolute Gasteiger partial charge is 0.380 e. The van der Waals surface area contributed by atoms with Crippen molar-refractivity contribution in [3.05, 3.63) is 65.2 Å². The molecule has 0 heterocycles. The number of carbonyl (C=O) groups excluding carboxylic acids is 1. The van der Waals surface area contributed by atoms with Gasteiger partial charge in [0.1, 0.15) is 0 Å². The Hall–Kier alpha value is -2.33. The van der Waals surface area contributed by atoms with Gasteiger partial charge in [-0.3, -0.25) is 4.79 Å². The normalized spacial score (nSPS) is 10.5. The van der Waals surface area contributed by atoms with Gasteiger partial charge in [0.2, 0.25) is 5.91 Å². The Balaban J connectivity index is 1.81. The fraction of sp³-hybridized carbons (Fsp3) is 0.350. The van der Waals surface area contributed by atoms with Gasteiger partial charge in [-0.15, -0.1) is 0 Å². The number of carbonyl (C=O) groups is 1. The topological polar surface area (TPSA) is 41.6 Å². The van der Waals surface area contributed by atoms with E-state index in [2.05, 4.69) is 34.5 Å². The van der Waals surface area contributed by atoms with Crippen LogP contribution in [0.25, 0.3) is 0 Å². The fourth-order valence-corrected chi connectivity index (χ4v) is 2.53. The summed E-state index contributed by atoms with van der Waals surface area (Å²) < 4.78 is 5.19. The molecular weight excluding hydrogens is 300 g/mol. The zero-order valence-electron chi connectivity index (χ0n) is 14.7. The summed E-state index contributed by atoms with van der Waals surface area (Å²) in [6.07, 6.45) is 1.24. The molecule has 0 fully saturated rings. The molecule has 24 heavy (non-hydrogen) atoms. The molecule has 2 rings (SSSR count). The molecule has 0 radical (unpaired) electrons. The third-order valence-corrected chi connectivity index (χ3v) is 3.99. The molecule has 0 bridgehead atoms. The number of methoxy groups -OCH3 is 1. The van der Waals surface area contributed by atoms with Crippen LogP contribution >= 0.6 is 0 Å². The molecule has 0 aliphatic heterocycles. The van der Waals surface area contributed by atoms with Crippen LogP contribution in [0.5, 0.6) is 0 Å². The zero-order valence-corrected chi connectivity index (χ0v) is 14.7. The second kappa shape index (κ2) is 9.08. The summed E-state index contributed by atoms with van der Waals surface area (Å²) >= 11 is 0. The van der Waals surface area contributed by atoms with Crippen molar-refractivity contribution in [3.8, 4) is 0 Å². The van der Waals surface area contributed by atoms with Crippen LogP contribution in [0.4, 0.5) is 5.69 Å². The van der Waals surface area contributed by atoms with E-state index in [9.17, 15) is 4.79 Å². The molecule has 2 aromatic carbocycles. The van der Waals surface area contributed by atoms with Crippen LogP contribution in [0, 0.1) is 0 Å². The Morgan fingerprint density at radius 3 is 2.33 bits per heavy atom. The molecule has 4 heteroatoms. The molecule has 2 aromatic rings. The molecule has 0 unspecified atom stereocenters. The van der Waals surface area contributed by atoms with Crippen molar-refractivity contribution in [2.75, 3.05) is 26.1 Å². The van der Waals surface area contributed by atoms with Gasteiger partial charge in [-0.1, -0.05) is 36.4 Å². The van der Waals surface area contributed by atoms with Crippen molar-refractivity contribution in [2.45, 2.75) is 26.0 Å². The summed E-state index contributed by atoms with van der Waals surface area (Å²) in [5.74, 6) is 0.0684. The maximum atomic E-state index is 12.1. The molecule has 4 nitrogen and oxygen atoms in total. The Morgan fingerprint density at radius 2 is 1.71 bits per heavy atom. The highest BCUT2D eigenvalue weighted by Crippen LogP contribution is 2.13. The molecule has 128 valence electrons. The Labute approximate surface area is 144 Å². The van der Waals surface area contributed by atoms with Crippen molar-refractivity contribution in [2.24, 2.45) is 0 Å². The van der Waals surface area contributed by atoms with Crippen molar-refractivity contribution in [1.29, 1.82) is 0 Å². The lowest BCUT2D eigenvalue weighted by atomic mass is 10.1. The summed E-state index contributed by atoms with van der Waals surface area (Å²) in [7, 11) is 5.71. The second-order valence-corrected chi connectivity index (χ2v) is 6.04. The van der Waals surface area contributed by atoms with Gasteiger partial charge in [0.05, 0.1) is 6.61 Å². The zero-order chi connectivity index (χ0) is 17.4. The maximum absolute atomic E-state index is 12.1. The summed E-state index contributed by atoms with van der Waals surface area (Å²) in [6.45, 7) is 1.10. The number of hydrogen-bond acceptors (Lipinski definition) is 3. The van der Waals surface area contributed by atoms with Crippen molar-refractivity contribution >= 4 is 11.6 Å². The Kier molecular flexibility index (Phi) is 6.82. The smallest absolute Gasteiger partial charge is 0.220 e. The Bertz CT molecular complexity index is 651. The Morgan fingerprint density at radius 1 is 1.04 bits per heavy atom. The third kappa shape index (κ3) is 5.39. The molecule has 0 aliphatic rings. The van der Waals surface area contributed by atoms with Crippen LogP contribution in [-0.2, 0) is 29.1 Å². The van der Waals surface area contributed by atoms with Crippen LogP contribution < -0.4 is 10.2 Å². The average Bonchev–Trinajstić information content (AvgIpc) is 2.60. The van der Waals surface area contributed by atoms with E-state index in [1.54, 1.807) is 7.11 Å². The van der Waals surface area contributed by atoms with Crippen molar-refractivity contribution in [1.82, 2.24) is 5.32 Å². The molecule has 0 saturated heterocycles. The van der Waals surface area contributed by atoms with E-state index in [-0.39, 0.29) is 5.91 Å². The second-order valence-electron chi connectivity index (χ2n) is 6.04. The molecule has 0 spiro atoms. The van der Waals surface area contributed by atoms with Gasteiger partial charge >= 0.3 is 0 Å². The number of nitrogens with one attached hydrogen (secondary N) is 1. The predicted octanol–water partition coefficient (Wildman–Crippen LogP) is 3.15. The van der Waals surface area contributed by atoms with Gasteiger partial charge in [-0.25, -0.2) is 0 Å². The fourth-order valence-electron chi connectivity index (χ4n) is 2.53. The van der Waals surface area contributed by atoms with E-state index in [1.807, 2.05) is 38.4 Å². The quantitative estimate of drug-likeness (QED) is 0.810. The molecule has 1 amide bonds. The van der Waals surface area contributed by atoms with Gasteiger partial charge in [-0.2, -0.15) is 0 Å². The number of benzene rings is 2. The van der Waals surface area contributed by atoms with Gasteiger partial charge in [0.25, 0.3) is 0 Å². The molecule has 0 aliphatic carbocycles. The van der Waals surface area contributed by atoms with Crippen molar-refractivity contribution in [3.63, 3.8) is 0 Å². The van der Waals surface area contributed by atoms with E-state index in [0.717, 1.165) is 23.2 Å². The number of hydrogen-bond donors (Lipinski definition) is 1. The van der Waals surface area contributed by atoms with Crippen molar-refractivity contribution < 1.29 is 9.53 Å². The number of rotatable bonds is 8. The van der Waals surface area contributed by atoms with Gasteiger partial charge in [0, 0.05) is 39.9 Å². The first kappa shape index (κ1) is 18.0. The molecule has 1 N–H and O–H groups in total. The monoisotopic (exact) mass is 326 g/mol. The summed E-state index contributed by atoms with van der Waals surface area (Å²) in [5.41, 5.74) is 4.55. The highest BCUT2D eigenvalue weighted by molar-refractivity contribution is 5.76. The predicted molar refractivity (Wildman–Crippen MR) is 98.1 cm³/mol. The minimum Gasteiger partial charge on any atom is -0.380 e. The highest BCUT2D eigenvalue weighted by atomic mass is 16.5. The molecule has 0 saturated carbocycles.